The lowest BCUT2D eigenvalue weighted by Crippen LogP contribution is -2.12. The minimum Gasteiger partial charge on any atom is -0.457 e. The summed E-state index contributed by atoms with van der Waals surface area (Å²) in [5, 5.41) is 7.57. The van der Waals surface area contributed by atoms with E-state index in [0.29, 0.717) is 17.1 Å². The zero-order valence-electron chi connectivity index (χ0n) is 9.91. The average Bonchev–Trinajstić information content (AvgIpc) is 2.31. The van der Waals surface area contributed by atoms with Crippen LogP contribution in [-0.2, 0) is 0 Å². The minimum atomic E-state index is 0.00342. The second-order valence-electron chi connectivity index (χ2n) is 3.97. The van der Waals surface area contributed by atoms with Crippen molar-refractivity contribution in [2.24, 2.45) is 5.73 Å². The smallest absolute Gasteiger partial charge is 0.138 e. The predicted octanol–water partition coefficient (Wildman–Crippen LogP) is 3.83. The number of amidine groups is 1. The van der Waals surface area contributed by atoms with Gasteiger partial charge in [0, 0.05) is 4.47 Å². The molecule has 0 aliphatic carbocycles. The molecular weight excluding hydrogens is 292 g/mol. The van der Waals surface area contributed by atoms with E-state index in [1.165, 1.54) is 0 Å². The fourth-order valence-electron chi connectivity index (χ4n) is 1.60. The monoisotopic (exact) mass is 304 g/mol. The summed E-state index contributed by atoms with van der Waals surface area (Å²) in [4.78, 5) is 0. The summed E-state index contributed by atoms with van der Waals surface area (Å²) in [6, 6.07) is 13.1. The van der Waals surface area contributed by atoms with Gasteiger partial charge in [0.1, 0.15) is 17.3 Å². The van der Waals surface area contributed by atoms with Crippen molar-refractivity contribution in [2.45, 2.75) is 6.92 Å². The van der Waals surface area contributed by atoms with Gasteiger partial charge in [-0.25, -0.2) is 0 Å². The highest BCUT2D eigenvalue weighted by Gasteiger charge is 2.08. The Morgan fingerprint density at radius 2 is 2.00 bits per heavy atom. The molecule has 3 nitrogen and oxygen atoms in total. The van der Waals surface area contributed by atoms with Crippen LogP contribution >= 0.6 is 15.9 Å². The Balaban J connectivity index is 2.37. The van der Waals surface area contributed by atoms with E-state index in [1.54, 1.807) is 0 Å². The van der Waals surface area contributed by atoms with E-state index in [4.69, 9.17) is 15.9 Å². The Morgan fingerprint density at radius 1 is 1.22 bits per heavy atom. The summed E-state index contributed by atoms with van der Waals surface area (Å²) >= 11 is 3.39. The largest absolute Gasteiger partial charge is 0.457 e. The van der Waals surface area contributed by atoms with Crippen LogP contribution < -0.4 is 10.5 Å². The second kappa shape index (κ2) is 5.23. The van der Waals surface area contributed by atoms with Gasteiger partial charge in [-0.05, 0) is 37.3 Å². The Kier molecular flexibility index (Phi) is 3.67. The van der Waals surface area contributed by atoms with E-state index >= 15 is 0 Å². The number of benzene rings is 2. The van der Waals surface area contributed by atoms with E-state index < -0.39 is 0 Å². The van der Waals surface area contributed by atoms with Crippen molar-refractivity contribution in [3.05, 3.63) is 58.1 Å². The molecular formula is C14H13BrN2O. The van der Waals surface area contributed by atoms with E-state index in [-0.39, 0.29) is 5.84 Å². The van der Waals surface area contributed by atoms with Gasteiger partial charge in [0.05, 0.1) is 5.56 Å². The Hall–Kier alpha value is -1.81. The number of rotatable bonds is 3. The molecule has 0 spiro atoms. The lowest BCUT2D eigenvalue weighted by Gasteiger charge is -2.11. The molecule has 0 amide bonds. The van der Waals surface area contributed by atoms with Crippen molar-refractivity contribution in [1.29, 1.82) is 5.41 Å². The van der Waals surface area contributed by atoms with Crippen molar-refractivity contribution < 1.29 is 4.74 Å². The molecule has 0 aliphatic heterocycles. The number of ether oxygens (including phenoxy) is 1. The maximum absolute atomic E-state index is 7.57. The van der Waals surface area contributed by atoms with Crippen LogP contribution in [0.15, 0.2) is 46.9 Å². The molecule has 4 heteroatoms. The summed E-state index contributed by atoms with van der Waals surface area (Å²) in [5.74, 6) is 1.30. The molecule has 2 aromatic rings. The standard InChI is InChI=1S/C14H13BrN2O/c1-9-5-6-13(12(7-9)14(16)17)18-11-4-2-3-10(15)8-11/h2-8H,1H3,(H3,16,17). The molecule has 0 saturated carbocycles. The van der Waals surface area contributed by atoms with Crippen LogP contribution in [0.25, 0.3) is 0 Å². The van der Waals surface area contributed by atoms with Gasteiger partial charge in [0.25, 0.3) is 0 Å². The number of nitrogens with one attached hydrogen (secondary N) is 1. The van der Waals surface area contributed by atoms with Crippen LogP contribution in [0.3, 0.4) is 0 Å². The third kappa shape index (κ3) is 2.90. The van der Waals surface area contributed by atoms with Gasteiger partial charge in [0.2, 0.25) is 0 Å². The van der Waals surface area contributed by atoms with Crippen LogP contribution in [0, 0.1) is 12.3 Å². The zero-order valence-corrected chi connectivity index (χ0v) is 11.5. The maximum Gasteiger partial charge on any atom is 0.138 e. The molecule has 0 aromatic heterocycles. The van der Waals surface area contributed by atoms with Crippen molar-refractivity contribution >= 4 is 21.8 Å². The highest BCUT2D eigenvalue weighted by Crippen LogP contribution is 2.27. The fraction of sp³-hybridized carbons (Fsp3) is 0.0714. The van der Waals surface area contributed by atoms with Gasteiger partial charge in [-0.3, -0.25) is 5.41 Å². The van der Waals surface area contributed by atoms with Crippen molar-refractivity contribution in [1.82, 2.24) is 0 Å². The average molecular weight is 305 g/mol. The van der Waals surface area contributed by atoms with Crippen molar-refractivity contribution in [3.63, 3.8) is 0 Å². The third-order valence-corrected chi connectivity index (χ3v) is 2.94. The van der Waals surface area contributed by atoms with Gasteiger partial charge >= 0.3 is 0 Å². The molecule has 0 unspecified atom stereocenters. The van der Waals surface area contributed by atoms with Crippen LogP contribution in [0.5, 0.6) is 11.5 Å². The summed E-state index contributed by atoms with van der Waals surface area (Å²) in [7, 11) is 0. The Labute approximate surface area is 114 Å². The molecule has 0 heterocycles. The molecule has 3 N–H and O–H groups in total. The molecule has 0 bridgehead atoms. The van der Waals surface area contributed by atoms with Crippen LogP contribution in [0.1, 0.15) is 11.1 Å². The molecule has 0 radical (unpaired) electrons. The first-order valence-electron chi connectivity index (χ1n) is 5.45. The molecule has 92 valence electrons. The van der Waals surface area contributed by atoms with Gasteiger partial charge in [-0.15, -0.1) is 0 Å². The molecule has 0 saturated heterocycles. The summed E-state index contributed by atoms with van der Waals surface area (Å²) < 4.78 is 6.70. The van der Waals surface area contributed by atoms with Crippen LogP contribution in [-0.4, -0.2) is 5.84 Å². The second-order valence-corrected chi connectivity index (χ2v) is 4.89. The first-order chi connectivity index (χ1) is 8.56. The van der Waals surface area contributed by atoms with Crippen molar-refractivity contribution in [2.75, 3.05) is 0 Å². The van der Waals surface area contributed by atoms with Crippen molar-refractivity contribution in [3.8, 4) is 11.5 Å². The summed E-state index contributed by atoms with van der Waals surface area (Å²) in [6.45, 7) is 1.95. The zero-order chi connectivity index (χ0) is 13.1. The highest BCUT2D eigenvalue weighted by molar-refractivity contribution is 9.10. The number of halogens is 1. The molecule has 2 rings (SSSR count). The van der Waals surface area contributed by atoms with E-state index in [9.17, 15) is 0 Å². The summed E-state index contributed by atoms with van der Waals surface area (Å²) in [6.07, 6.45) is 0. The minimum absolute atomic E-state index is 0.00342. The maximum atomic E-state index is 7.57. The Bertz CT molecular complexity index is 596. The molecule has 2 aromatic carbocycles. The predicted molar refractivity (Wildman–Crippen MR) is 76.4 cm³/mol. The normalized spacial score (nSPS) is 10.1. The van der Waals surface area contributed by atoms with E-state index in [1.807, 2.05) is 49.4 Å². The number of hydrogen-bond donors (Lipinski definition) is 2. The van der Waals surface area contributed by atoms with E-state index in [0.717, 1.165) is 10.0 Å². The van der Waals surface area contributed by atoms with Gasteiger partial charge in [0.15, 0.2) is 0 Å². The van der Waals surface area contributed by atoms with Gasteiger partial charge < -0.3 is 10.5 Å². The first kappa shape index (κ1) is 12.6. The Morgan fingerprint density at radius 3 is 2.67 bits per heavy atom. The SMILES string of the molecule is Cc1ccc(Oc2cccc(Br)c2)c(C(=N)N)c1. The molecule has 0 atom stereocenters. The van der Waals surface area contributed by atoms with E-state index in [2.05, 4.69) is 15.9 Å². The number of hydrogen-bond acceptors (Lipinski definition) is 2. The number of nitrogen functional groups attached to an aromatic ring is 1. The first-order valence-corrected chi connectivity index (χ1v) is 6.24. The highest BCUT2D eigenvalue weighted by atomic mass is 79.9. The fourth-order valence-corrected chi connectivity index (χ4v) is 1.98. The third-order valence-electron chi connectivity index (χ3n) is 2.45. The number of nitrogens with two attached hydrogens (primary N) is 1. The summed E-state index contributed by atoms with van der Waals surface area (Å²) in [5.41, 5.74) is 7.21. The van der Waals surface area contributed by atoms with Gasteiger partial charge in [-0.1, -0.05) is 33.6 Å². The van der Waals surface area contributed by atoms with Crippen LogP contribution in [0.4, 0.5) is 0 Å². The quantitative estimate of drug-likeness (QED) is 0.668. The lowest BCUT2D eigenvalue weighted by molar-refractivity contribution is 0.481. The number of aryl methyl sites for hydroxylation is 1. The molecule has 18 heavy (non-hydrogen) atoms. The molecule has 0 fully saturated rings. The van der Waals surface area contributed by atoms with Gasteiger partial charge in [-0.2, -0.15) is 0 Å². The molecule has 0 aliphatic rings. The topological polar surface area (TPSA) is 59.1 Å². The van der Waals surface area contributed by atoms with Crippen LogP contribution in [0.2, 0.25) is 0 Å². The lowest BCUT2D eigenvalue weighted by atomic mass is 10.1.